The number of carbonyl (C=O) groups is 1. The lowest BCUT2D eigenvalue weighted by Crippen LogP contribution is -2.21. The van der Waals surface area contributed by atoms with E-state index in [2.05, 4.69) is 5.32 Å². The van der Waals surface area contributed by atoms with Gasteiger partial charge in [-0.25, -0.2) is 13.6 Å². The van der Waals surface area contributed by atoms with Crippen LogP contribution in [-0.4, -0.2) is 32.3 Å². The Bertz CT molecular complexity index is 1250. The zero-order chi connectivity index (χ0) is 25.0. The van der Waals surface area contributed by atoms with Gasteiger partial charge in [0.25, 0.3) is 0 Å². The van der Waals surface area contributed by atoms with Gasteiger partial charge in [0, 0.05) is 24.5 Å². The van der Waals surface area contributed by atoms with Gasteiger partial charge in [0.15, 0.2) is 11.5 Å². The van der Waals surface area contributed by atoms with Gasteiger partial charge < -0.3 is 29.1 Å². The highest BCUT2D eigenvalue weighted by Gasteiger charge is 2.28. The Balaban J connectivity index is 2.11. The highest BCUT2D eigenvalue weighted by atomic mass is 19.1. The number of amides is 1. The lowest BCUT2D eigenvalue weighted by atomic mass is 9.88. The number of benzene rings is 2. The maximum absolute atomic E-state index is 14.0. The summed E-state index contributed by atoms with van der Waals surface area (Å²) >= 11 is 0. The molecule has 8 nitrogen and oxygen atoms in total. The Hall–Kier alpha value is -4.08. The molecule has 180 valence electrons. The van der Waals surface area contributed by atoms with Crippen LogP contribution >= 0.6 is 0 Å². The fourth-order valence-corrected chi connectivity index (χ4v) is 3.59. The summed E-state index contributed by atoms with van der Waals surface area (Å²) in [5.41, 5.74) is -0.919. The molecule has 10 heteroatoms. The van der Waals surface area contributed by atoms with E-state index in [-0.39, 0.29) is 40.0 Å². The van der Waals surface area contributed by atoms with Gasteiger partial charge in [-0.1, -0.05) is 0 Å². The van der Waals surface area contributed by atoms with E-state index in [4.69, 9.17) is 18.6 Å². The van der Waals surface area contributed by atoms with Crippen molar-refractivity contribution in [3.8, 4) is 23.0 Å². The molecule has 0 aliphatic rings. The minimum absolute atomic E-state index is 0.174. The van der Waals surface area contributed by atoms with Crippen LogP contribution in [0.2, 0.25) is 0 Å². The molecule has 34 heavy (non-hydrogen) atoms. The van der Waals surface area contributed by atoms with Gasteiger partial charge in [-0.05, 0) is 36.8 Å². The summed E-state index contributed by atoms with van der Waals surface area (Å²) in [6.45, 7) is 1.49. The molecule has 0 saturated heterocycles. The molecule has 0 spiro atoms. The second kappa shape index (κ2) is 10.2. The monoisotopic (exact) mass is 475 g/mol. The zero-order valence-electron chi connectivity index (χ0n) is 18.9. The van der Waals surface area contributed by atoms with Crippen molar-refractivity contribution in [1.82, 2.24) is 0 Å². The first-order valence-corrected chi connectivity index (χ1v) is 10.1. The Morgan fingerprint density at radius 1 is 1.06 bits per heavy atom. The molecule has 3 aromatic rings. The number of aryl methyl sites for hydroxylation is 1. The van der Waals surface area contributed by atoms with Crippen LogP contribution in [0.15, 0.2) is 45.6 Å². The van der Waals surface area contributed by atoms with E-state index in [9.17, 15) is 23.5 Å². The molecule has 0 radical (unpaired) electrons. The van der Waals surface area contributed by atoms with E-state index < -0.39 is 35.5 Å². The summed E-state index contributed by atoms with van der Waals surface area (Å²) in [6, 6.07) is 7.00. The van der Waals surface area contributed by atoms with Crippen molar-refractivity contribution in [2.75, 3.05) is 26.6 Å². The average Bonchev–Trinajstić information content (AvgIpc) is 2.78. The highest BCUT2D eigenvalue weighted by molar-refractivity contribution is 5.91. The van der Waals surface area contributed by atoms with Crippen LogP contribution in [-0.2, 0) is 4.79 Å². The molecule has 3 rings (SSSR count). The molecule has 0 fully saturated rings. The van der Waals surface area contributed by atoms with Gasteiger partial charge in [-0.15, -0.1) is 0 Å². The van der Waals surface area contributed by atoms with Crippen molar-refractivity contribution in [1.29, 1.82) is 0 Å². The third-order valence-corrected chi connectivity index (χ3v) is 5.12. The first-order valence-electron chi connectivity index (χ1n) is 10.1. The fourth-order valence-electron chi connectivity index (χ4n) is 3.59. The quantitative estimate of drug-likeness (QED) is 0.505. The number of nitrogens with one attached hydrogen (secondary N) is 1. The molecule has 2 aromatic carbocycles. The Morgan fingerprint density at radius 2 is 1.71 bits per heavy atom. The van der Waals surface area contributed by atoms with Crippen molar-refractivity contribution in [3.63, 3.8) is 0 Å². The smallest absolute Gasteiger partial charge is 0.343 e. The van der Waals surface area contributed by atoms with Crippen LogP contribution in [0.5, 0.6) is 23.0 Å². The summed E-state index contributed by atoms with van der Waals surface area (Å²) in [5, 5.41) is 12.9. The fraction of sp³-hybridized carbons (Fsp3) is 0.250. The van der Waals surface area contributed by atoms with Crippen LogP contribution in [0.1, 0.15) is 29.2 Å². The zero-order valence-corrected chi connectivity index (χ0v) is 18.9. The third kappa shape index (κ3) is 5.11. The Kier molecular flexibility index (Phi) is 7.40. The van der Waals surface area contributed by atoms with E-state index in [0.717, 1.165) is 12.1 Å². The normalized spacial score (nSPS) is 11.6. The summed E-state index contributed by atoms with van der Waals surface area (Å²) in [6.07, 6.45) is -0.406. The van der Waals surface area contributed by atoms with E-state index >= 15 is 0 Å². The van der Waals surface area contributed by atoms with Gasteiger partial charge in [0.1, 0.15) is 23.1 Å². The minimum atomic E-state index is -1.05. The van der Waals surface area contributed by atoms with Gasteiger partial charge in [-0.3, -0.25) is 4.79 Å². The van der Waals surface area contributed by atoms with Gasteiger partial charge in [0.05, 0.1) is 32.6 Å². The van der Waals surface area contributed by atoms with Crippen molar-refractivity contribution in [2.24, 2.45) is 0 Å². The van der Waals surface area contributed by atoms with Crippen LogP contribution in [0.4, 0.5) is 14.5 Å². The lowest BCUT2D eigenvalue weighted by molar-refractivity contribution is -0.116. The molecular weight excluding hydrogens is 452 g/mol. The molecule has 0 aliphatic carbocycles. The van der Waals surface area contributed by atoms with Crippen LogP contribution < -0.4 is 25.2 Å². The van der Waals surface area contributed by atoms with Crippen molar-refractivity contribution < 1.29 is 37.3 Å². The highest BCUT2D eigenvalue weighted by Crippen LogP contribution is 2.43. The SMILES string of the molecule is COc1cc(C(CC(=O)Nc2ccc(F)cc2F)c2c(O)cc(C)oc2=O)cc(OC)c1OC. The summed E-state index contributed by atoms with van der Waals surface area (Å²) in [5.74, 6) is -2.93. The van der Waals surface area contributed by atoms with E-state index in [1.54, 1.807) is 0 Å². The second-order valence-electron chi connectivity index (χ2n) is 7.33. The number of methoxy groups -OCH3 is 3. The molecule has 0 aliphatic heterocycles. The van der Waals surface area contributed by atoms with E-state index in [1.807, 2.05) is 0 Å². The van der Waals surface area contributed by atoms with Crippen molar-refractivity contribution in [2.45, 2.75) is 19.3 Å². The first kappa shape index (κ1) is 24.6. The molecule has 1 atom stereocenters. The van der Waals surface area contributed by atoms with Gasteiger partial charge in [-0.2, -0.15) is 0 Å². The maximum atomic E-state index is 14.0. The average molecular weight is 475 g/mol. The largest absolute Gasteiger partial charge is 0.507 e. The molecule has 0 bridgehead atoms. The Labute approximate surface area is 193 Å². The lowest BCUT2D eigenvalue weighted by Gasteiger charge is -2.21. The minimum Gasteiger partial charge on any atom is -0.507 e. The number of rotatable bonds is 8. The van der Waals surface area contributed by atoms with Gasteiger partial charge in [0.2, 0.25) is 11.7 Å². The number of aromatic hydroxyl groups is 1. The second-order valence-corrected chi connectivity index (χ2v) is 7.33. The number of halogens is 2. The maximum Gasteiger partial charge on any atom is 0.343 e. The number of anilines is 1. The summed E-state index contributed by atoms with van der Waals surface area (Å²) in [7, 11) is 4.22. The number of ether oxygens (including phenoxy) is 3. The van der Waals surface area contributed by atoms with Crippen LogP contribution in [0.3, 0.4) is 0 Å². The molecule has 1 aromatic heterocycles. The third-order valence-electron chi connectivity index (χ3n) is 5.12. The van der Waals surface area contributed by atoms with Crippen molar-refractivity contribution >= 4 is 11.6 Å². The standard InChI is InChI=1S/C24H23F2NO7/c1-12-7-18(28)22(24(30)34-12)15(11-21(29)27-17-6-5-14(25)10-16(17)26)13-8-19(31-2)23(33-4)20(9-13)32-3/h5-10,15,28H,11H2,1-4H3,(H,27,29). The molecule has 1 unspecified atom stereocenters. The first-order chi connectivity index (χ1) is 16.2. The molecule has 0 saturated carbocycles. The molecular formula is C24H23F2NO7. The molecule has 1 amide bonds. The number of hydrogen-bond acceptors (Lipinski definition) is 7. The predicted octanol–water partition coefficient (Wildman–Crippen LogP) is 4.12. The molecule has 2 N–H and O–H groups in total. The summed E-state index contributed by atoms with van der Waals surface area (Å²) in [4.78, 5) is 25.5. The van der Waals surface area contributed by atoms with Crippen LogP contribution in [0, 0.1) is 18.6 Å². The topological polar surface area (TPSA) is 107 Å². The number of hydrogen-bond donors (Lipinski definition) is 2. The number of carbonyl (C=O) groups excluding carboxylic acids is 1. The Morgan fingerprint density at radius 3 is 2.24 bits per heavy atom. The van der Waals surface area contributed by atoms with Crippen molar-refractivity contribution in [3.05, 3.63) is 75.3 Å². The van der Waals surface area contributed by atoms with Crippen LogP contribution in [0.25, 0.3) is 0 Å². The van der Waals surface area contributed by atoms with Gasteiger partial charge >= 0.3 is 5.63 Å². The predicted molar refractivity (Wildman–Crippen MR) is 119 cm³/mol. The van der Waals surface area contributed by atoms with E-state index in [1.165, 1.54) is 46.5 Å². The molecule has 1 heterocycles. The summed E-state index contributed by atoms with van der Waals surface area (Å²) < 4.78 is 48.4. The van der Waals surface area contributed by atoms with E-state index in [0.29, 0.717) is 11.6 Å².